The van der Waals surface area contributed by atoms with Crippen LogP contribution >= 0.6 is 0 Å². The normalized spacial score (nSPS) is 19.5. The van der Waals surface area contributed by atoms with Crippen LogP contribution in [0, 0.1) is 5.92 Å². The van der Waals surface area contributed by atoms with Crippen molar-refractivity contribution >= 4 is 10.2 Å². The lowest BCUT2D eigenvalue weighted by Crippen LogP contribution is -2.51. The van der Waals surface area contributed by atoms with Gasteiger partial charge in [0, 0.05) is 32.2 Å². The highest BCUT2D eigenvalue weighted by Crippen LogP contribution is 2.23. The van der Waals surface area contributed by atoms with Crippen molar-refractivity contribution in [2.75, 3.05) is 26.2 Å². The zero-order valence-corrected chi connectivity index (χ0v) is 13.3. The molecule has 0 bridgehead atoms. The van der Waals surface area contributed by atoms with Gasteiger partial charge in [0.05, 0.1) is 0 Å². The molecule has 0 aromatic heterocycles. The molecule has 0 unspecified atom stereocenters. The summed E-state index contributed by atoms with van der Waals surface area (Å²) in [5.74, 6) is 0.627. The highest BCUT2D eigenvalue weighted by Gasteiger charge is 2.34. The minimum absolute atomic E-state index is 0.0629. The van der Waals surface area contributed by atoms with Crippen LogP contribution in [0.4, 0.5) is 0 Å². The maximum absolute atomic E-state index is 12.7. The Hall–Kier alpha value is -0.170. The predicted molar refractivity (Wildman–Crippen MR) is 79.0 cm³/mol. The lowest BCUT2D eigenvalue weighted by atomic mass is 10.0. The molecule has 19 heavy (non-hydrogen) atoms. The smallest absolute Gasteiger partial charge is 0.282 e. The van der Waals surface area contributed by atoms with E-state index >= 15 is 0 Å². The lowest BCUT2D eigenvalue weighted by molar-refractivity contribution is 0.240. The minimum Gasteiger partial charge on any atom is -0.329 e. The first-order chi connectivity index (χ1) is 8.97. The maximum atomic E-state index is 12.7. The molecule has 0 atom stereocenters. The third-order valence-electron chi connectivity index (χ3n) is 4.06. The first-order valence-electron chi connectivity index (χ1n) is 7.44. The molecule has 1 aliphatic heterocycles. The molecule has 0 aromatic carbocycles. The molecule has 1 saturated heterocycles. The fraction of sp³-hybridized carbons (Fsp3) is 1.00. The summed E-state index contributed by atoms with van der Waals surface area (Å²) in [5, 5.41) is 0. The lowest BCUT2D eigenvalue weighted by Gasteiger charge is -2.37. The van der Waals surface area contributed by atoms with Crippen molar-refractivity contribution < 1.29 is 8.42 Å². The number of nitrogens with zero attached hydrogens (tertiary/aromatic N) is 2. The van der Waals surface area contributed by atoms with Crippen LogP contribution in [0.1, 0.15) is 46.5 Å². The van der Waals surface area contributed by atoms with Crippen LogP contribution in [-0.4, -0.2) is 49.2 Å². The van der Waals surface area contributed by atoms with E-state index in [2.05, 4.69) is 6.92 Å². The van der Waals surface area contributed by atoms with Crippen molar-refractivity contribution in [3.8, 4) is 0 Å². The van der Waals surface area contributed by atoms with Gasteiger partial charge in [-0.1, -0.05) is 20.8 Å². The number of nitrogens with two attached hydrogens (primary N) is 1. The SMILES string of the molecule is CCC(CC)N(CCN)S(=O)(=O)N1CCC(C)CC1. The van der Waals surface area contributed by atoms with E-state index in [9.17, 15) is 8.42 Å². The monoisotopic (exact) mass is 291 g/mol. The Bertz CT molecular complexity index is 347. The van der Waals surface area contributed by atoms with Gasteiger partial charge in [-0.2, -0.15) is 17.0 Å². The highest BCUT2D eigenvalue weighted by atomic mass is 32.2. The van der Waals surface area contributed by atoms with Crippen molar-refractivity contribution in [3.63, 3.8) is 0 Å². The van der Waals surface area contributed by atoms with Crippen molar-refractivity contribution in [3.05, 3.63) is 0 Å². The number of piperidine rings is 1. The Morgan fingerprint density at radius 2 is 1.79 bits per heavy atom. The third-order valence-corrected chi connectivity index (χ3v) is 6.16. The van der Waals surface area contributed by atoms with Crippen LogP contribution in [0.25, 0.3) is 0 Å². The molecular weight excluding hydrogens is 262 g/mol. The summed E-state index contributed by atoms with van der Waals surface area (Å²) in [5.41, 5.74) is 5.60. The second-order valence-electron chi connectivity index (χ2n) is 5.46. The fourth-order valence-corrected chi connectivity index (χ4v) is 4.65. The Kier molecular flexibility index (Phi) is 6.73. The molecule has 5 nitrogen and oxygen atoms in total. The first-order valence-corrected chi connectivity index (χ1v) is 8.84. The average Bonchev–Trinajstić information content (AvgIpc) is 2.39. The van der Waals surface area contributed by atoms with Crippen LogP contribution in [-0.2, 0) is 10.2 Å². The van der Waals surface area contributed by atoms with Crippen LogP contribution < -0.4 is 5.73 Å². The van der Waals surface area contributed by atoms with Gasteiger partial charge in [0.1, 0.15) is 0 Å². The second-order valence-corrected chi connectivity index (χ2v) is 7.34. The van der Waals surface area contributed by atoms with Gasteiger partial charge in [-0.05, 0) is 31.6 Å². The van der Waals surface area contributed by atoms with E-state index in [4.69, 9.17) is 5.73 Å². The summed E-state index contributed by atoms with van der Waals surface area (Å²) in [7, 11) is -3.35. The van der Waals surface area contributed by atoms with Gasteiger partial charge >= 0.3 is 0 Å². The van der Waals surface area contributed by atoms with Gasteiger partial charge in [-0.15, -0.1) is 0 Å². The summed E-state index contributed by atoms with van der Waals surface area (Å²) in [4.78, 5) is 0. The van der Waals surface area contributed by atoms with E-state index in [1.807, 2.05) is 13.8 Å². The molecule has 6 heteroatoms. The molecule has 0 aliphatic carbocycles. The standard InChI is InChI=1S/C13H29N3O2S/c1-4-13(5-2)16(11-8-14)19(17,18)15-9-6-12(3)7-10-15/h12-13H,4-11,14H2,1-3H3. The molecule has 114 valence electrons. The summed E-state index contributed by atoms with van der Waals surface area (Å²) >= 11 is 0. The van der Waals surface area contributed by atoms with Crippen molar-refractivity contribution in [1.82, 2.24) is 8.61 Å². The van der Waals surface area contributed by atoms with Gasteiger partial charge < -0.3 is 5.73 Å². The predicted octanol–water partition coefficient (Wildman–Crippen LogP) is 1.41. The average molecular weight is 291 g/mol. The highest BCUT2D eigenvalue weighted by molar-refractivity contribution is 7.86. The molecule has 0 radical (unpaired) electrons. The maximum Gasteiger partial charge on any atom is 0.282 e. The topological polar surface area (TPSA) is 66.6 Å². The Morgan fingerprint density at radius 1 is 1.26 bits per heavy atom. The molecule has 0 amide bonds. The number of rotatable bonds is 7. The molecule has 1 rings (SSSR count). The zero-order chi connectivity index (χ0) is 14.5. The fourth-order valence-electron chi connectivity index (χ4n) is 2.67. The number of hydrogen-bond acceptors (Lipinski definition) is 3. The Morgan fingerprint density at radius 3 is 2.21 bits per heavy atom. The van der Waals surface area contributed by atoms with Crippen molar-refractivity contribution in [2.45, 2.75) is 52.5 Å². The molecule has 2 N–H and O–H groups in total. The second kappa shape index (κ2) is 7.57. The third kappa shape index (κ3) is 4.15. The van der Waals surface area contributed by atoms with Crippen LogP contribution in [0.5, 0.6) is 0 Å². The van der Waals surface area contributed by atoms with E-state index in [-0.39, 0.29) is 6.04 Å². The summed E-state index contributed by atoms with van der Waals surface area (Å²) < 4.78 is 28.7. The van der Waals surface area contributed by atoms with Crippen LogP contribution in [0.3, 0.4) is 0 Å². The summed E-state index contributed by atoms with van der Waals surface area (Å²) in [6, 6.07) is 0.0629. The zero-order valence-electron chi connectivity index (χ0n) is 12.5. The van der Waals surface area contributed by atoms with Crippen LogP contribution in [0.15, 0.2) is 0 Å². The quantitative estimate of drug-likeness (QED) is 0.771. The van der Waals surface area contributed by atoms with E-state index in [1.165, 1.54) is 0 Å². The van der Waals surface area contributed by atoms with E-state index in [1.54, 1.807) is 8.61 Å². The van der Waals surface area contributed by atoms with Crippen molar-refractivity contribution in [2.24, 2.45) is 11.7 Å². The molecule has 0 spiro atoms. The molecular formula is C13H29N3O2S. The van der Waals surface area contributed by atoms with Gasteiger partial charge in [0.15, 0.2) is 0 Å². The van der Waals surface area contributed by atoms with Gasteiger partial charge in [0.25, 0.3) is 10.2 Å². The summed E-state index contributed by atoms with van der Waals surface area (Å²) in [6.45, 7) is 8.33. The van der Waals surface area contributed by atoms with Gasteiger partial charge in [0.2, 0.25) is 0 Å². The minimum atomic E-state index is -3.35. The molecule has 1 fully saturated rings. The van der Waals surface area contributed by atoms with Gasteiger partial charge in [-0.3, -0.25) is 0 Å². The Labute approximate surface area is 118 Å². The number of hydrogen-bond donors (Lipinski definition) is 1. The van der Waals surface area contributed by atoms with Crippen molar-refractivity contribution in [1.29, 1.82) is 0 Å². The van der Waals surface area contributed by atoms with Crippen LogP contribution in [0.2, 0.25) is 0 Å². The van der Waals surface area contributed by atoms with E-state index in [0.29, 0.717) is 32.1 Å². The Balaban J connectivity index is 2.86. The molecule has 1 heterocycles. The van der Waals surface area contributed by atoms with E-state index in [0.717, 1.165) is 25.7 Å². The summed E-state index contributed by atoms with van der Waals surface area (Å²) in [6.07, 6.45) is 3.58. The molecule has 1 aliphatic rings. The first kappa shape index (κ1) is 16.9. The van der Waals surface area contributed by atoms with Gasteiger partial charge in [-0.25, -0.2) is 0 Å². The molecule has 0 saturated carbocycles. The van der Waals surface area contributed by atoms with E-state index < -0.39 is 10.2 Å². The molecule has 0 aromatic rings. The largest absolute Gasteiger partial charge is 0.329 e.